The molecule has 0 bridgehead atoms. The summed E-state index contributed by atoms with van der Waals surface area (Å²) >= 11 is 0. The van der Waals surface area contributed by atoms with Crippen molar-refractivity contribution in [2.24, 2.45) is 0 Å². The number of fused-ring (bicyclic) bond motifs is 1. The lowest BCUT2D eigenvalue weighted by atomic mass is 10.0. The first-order chi connectivity index (χ1) is 17.9. The van der Waals surface area contributed by atoms with Crippen LogP contribution < -0.4 is 4.74 Å². The first-order valence-electron chi connectivity index (χ1n) is 11.6. The molecule has 0 aliphatic carbocycles. The Morgan fingerprint density at radius 1 is 1.00 bits per heavy atom. The molecule has 0 aromatic heterocycles. The molecule has 2 aliphatic rings. The summed E-state index contributed by atoms with van der Waals surface area (Å²) in [5, 5.41) is 16.2. The fraction of sp³-hybridized carbons (Fsp3) is 0.148. The van der Waals surface area contributed by atoms with Crippen LogP contribution in [-0.2, 0) is 6.54 Å². The molecule has 5 rings (SSSR count). The highest BCUT2D eigenvalue weighted by Crippen LogP contribution is 2.32. The molecule has 0 spiro atoms. The van der Waals surface area contributed by atoms with Crippen LogP contribution in [0.5, 0.6) is 5.75 Å². The molecule has 3 aromatic rings. The Hall–Kier alpha value is -4.73. The maximum atomic E-state index is 14.2. The van der Waals surface area contributed by atoms with Crippen LogP contribution in [-0.4, -0.2) is 31.3 Å². The Labute approximate surface area is 210 Å². The van der Waals surface area contributed by atoms with E-state index in [1.807, 2.05) is 6.92 Å². The van der Waals surface area contributed by atoms with E-state index >= 15 is 0 Å². The standard InChI is InChI=1S/C27H21F2N5O3/c1-2-12-37-19-9-7-18(8-10-19)20-11-6-17(13-25(20)34(35)36)15-33-16-24-23(14-30-33)31-27(32-24)21-4-3-5-22(28)26(21)29/h3-11,13-14,16H,2,12,15H2,1H3. The summed E-state index contributed by atoms with van der Waals surface area (Å²) in [5.41, 5.74) is 2.64. The van der Waals surface area contributed by atoms with Crippen molar-refractivity contribution in [3.05, 3.63) is 100 Å². The van der Waals surface area contributed by atoms with Crippen LogP contribution in [0.1, 0.15) is 18.9 Å². The van der Waals surface area contributed by atoms with Gasteiger partial charge in [-0.3, -0.25) is 14.8 Å². The maximum absolute atomic E-state index is 14.2. The van der Waals surface area contributed by atoms with Crippen molar-refractivity contribution in [3.8, 4) is 39.7 Å². The molecule has 37 heavy (non-hydrogen) atoms. The van der Waals surface area contributed by atoms with Crippen molar-refractivity contribution < 1.29 is 18.4 Å². The number of rotatable bonds is 8. The van der Waals surface area contributed by atoms with E-state index in [0.29, 0.717) is 40.4 Å². The lowest BCUT2D eigenvalue weighted by Crippen LogP contribution is -2.06. The molecule has 2 aliphatic heterocycles. The molecule has 186 valence electrons. The van der Waals surface area contributed by atoms with E-state index < -0.39 is 16.6 Å². The summed E-state index contributed by atoms with van der Waals surface area (Å²) in [6.07, 6.45) is 3.96. The number of hydrogen-bond donors (Lipinski definition) is 0. The second kappa shape index (κ2) is 10.1. The number of nitrogens with zero attached hydrogens (tertiary/aromatic N) is 5. The number of hydrogen-bond acceptors (Lipinski definition) is 6. The Balaban J connectivity index is 1.41. The average Bonchev–Trinajstić information content (AvgIpc) is 3.32. The predicted octanol–water partition coefficient (Wildman–Crippen LogP) is 6.14. The van der Waals surface area contributed by atoms with Crippen LogP contribution >= 0.6 is 0 Å². The van der Waals surface area contributed by atoms with E-state index in [9.17, 15) is 18.9 Å². The molecule has 0 fully saturated rings. The molecule has 2 heterocycles. The summed E-state index contributed by atoms with van der Waals surface area (Å²) in [6.45, 7) is 2.85. The molecular weight excluding hydrogens is 480 g/mol. The lowest BCUT2D eigenvalue weighted by molar-refractivity contribution is -0.384. The lowest BCUT2D eigenvalue weighted by Gasteiger charge is -2.10. The van der Waals surface area contributed by atoms with Gasteiger partial charge in [0.2, 0.25) is 0 Å². The highest BCUT2D eigenvalue weighted by atomic mass is 19.2. The molecule has 3 aromatic carbocycles. The minimum atomic E-state index is -1.02. The number of ether oxygens (including phenoxy) is 1. The number of nitro benzene ring substituents is 1. The second-order valence-corrected chi connectivity index (χ2v) is 8.37. The molecule has 10 heteroatoms. The van der Waals surface area contributed by atoms with Crippen LogP contribution in [0, 0.1) is 21.7 Å². The Morgan fingerprint density at radius 2 is 1.78 bits per heavy atom. The van der Waals surface area contributed by atoms with Crippen LogP contribution in [0.15, 0.2) is 73.1 Å². The first kappa shape index (κ1) is 24.0. The zero-order chi connectivity index (χ0) is 25.9. The largest absolute Gasteiger partial charge is 0.494 e. The summed E-state index contributed by atoms with van der Waals surface area (Å²) < 4.78 is 34.9. The topological polar surface area (TPSA) is 96.0 Å². The third-order valence-electron chi connectivity index (χ3n) is 5.75. The zero-order valence-electron chi connectivity index (χ0n) is 19.8. The van der Waals surface area contributed by atoms with Gasteiger partial charge in [-0.2, -0.15) is 5.10 Å². The number of halogens is 2. The predicted molar refractivity (Wildman–Crippen MR) is 133 cm³/mol. The molecule has 0 amide bonds. The van der Waals surface area contributed by atoms with Gasteiger partial charge in [0, 0.05) is 6.07 Å². The summed E-state index contributed by atoms with van der Waals surface area (Å²) in [6, 6.07) is 16.0. The van der Waals surface area contributed by atoms with Crippen LogP contribution in [0.4, 0.5) is 14.5 Å². The molecule has 0 atom stereocenters. The molecule has 8 nitrogen and oxygen atoms in total. The van der Waals surface area contributed by atoms with Crippen molar-refractivity contribution >= 4 is 5.69 Å². The third kappa shape index (κ3) is 4.99. The summed E-state index contributed by atoms with van der Waals surface area (Å²) in [7, 11) is 0. The van der Waals surface area contributed by atoms with Gasteiger partial charge in [-0.1, -0.05) is 31.2 Å². The number of nitro groups is 1. The molecular formula is C27H21F2N5O3. The summed E-state index contributed by atoms with van der Waals surface area (Å²) in [4.78, 5) is 20.0. The molecule has 0 N–H and O–H groups in total. The highest BCUT2D eigenvalue weighted by Gasteiger charge is 2.19. The van der Waals surface area contributed by atoms with E-state index in [1.54, 1.807) is 47.3 Å². The monoisotopic (exact) mass is 501 g/mol. The van der Waals surface area contributed by atoms with Gasteiger partial charge in [0.15, 0.2) is 17.5 Å². The van der Waals surface area contributed by atoms with Crippen molar-refractivity contribution in [1.29, 1.82) is 0 Å². The minimum absolute atomic E-state index is 0.0293. The van der Waals surface area contributed by atoms with Gasteiger partial charge in [-0.05, 0) is 47.9 Å². The normalized spacial score (nSPS) is 11.1. The van der Waals surface area contributed by atoms with Crippen molar-refractivity contribution in [2.75, 3.05) is 6.61 Å². The van der Waals surface area contributed by atoms with Gasteiger partial charge >= 0.3 is 0 Å². The van der Waals surface area contributed by atoms with Crippen molar-refractivity contribution in [3.63, 3.8) is 0 Å². The van der Waals surface area contributed by atoms with Gasteiger partial charge in [-0.15, -0.1) is 0 Å². The zero-order valence-corrected chi connectivity index (χ0v) is 19.8. The van der Waals surface area contributed by atoms with Crippen LogP contribution in [0.3, 0.4) is 0 Å². The fourth-order valence-corrected chi connectivity index (χ4v) is 3.95. The minimum Gasteiger partial charge on any atom is -0.494 e. The van der Waals surface area contributed by atoms with Crippen LogP contribution in [0.25, 0.3) is 33.9 Å². The average molecular weight is 501 g/mol. The van der Waals surface area contributed by atoms with Gasteiger partial charge < -0.3 is 4.74 Å². The maximum Gasteiger partial charge on any atom is 0.277 e. The molecule has 0 saturated carbocycles. The second-order valence-electron chi connectivity index (χ2n) is 8.37. The quantitative estimate of drug-likeness (QED) is 0.187. The third-order valence-corrected chi connectivity index (χ3v) is 5.75. The van der Waals surface area contributed by atoms with Crippen LogP contribution in [0.2, 0.25) is 0 Å². The SMILES string of the molecule is CCCOc1ccc(-c2ccc(Cn3cc4nc(-c5cccc(F)c5F)nc-4cn3)cc2[N+](=O)[O-])cc1. The Morgan fingerprint density at radius 3 is 2.54 bits per heavy atom. The smallest absolute Gasteiger partial charge is 0.277 e. The molecule has 0 radical (unpaired) electrons. The molecule has 0 unspecified atom stereocenters. The van der Waals surface area contributed by atoms with Gasteiger partial charge in [0.25, 0.3) is 5.69 Å². The number of benzene rings is 3. The van der Waals surface area contributed by atoms with E-state index in [2.05, 4.69) is 15.1 Å². The first-order valence-corrected chi connectivity index (χ1v) is 11.6. The van der Waals surface area contributed by atoms with Crippen molar-refractivity contribution in [2.45, 2.75) is 19.9 Å². The Bertz CT molecular complexity index is 1550. The van der Waals surface area contributed by atoms with E-state index in [1.165, 1.54) is 24.4 Å². The number of imidazole rings is 1. The number of aromatic nitrogens is 4. The van der Waals surface area contributed by atoms with Gasteiger partial charge in [0.1, 0.15) is 17.1 Å². The Kier molecular flexibility index (Phi) is 6.55. The fourth-order valence-electron chi connectivity index (χ4n) is 3.95. The molecule has 0 saturated heterocycles. The van der Waals surface area contributed by atoms with Gasteiger partial charge in [0.05, 0.1) is 41.6 Å². The highest BCUT2D eigenvalue weighted by molar-refractivity contribution is 5.74. The van der Waals surface area contributed by atoms with Gasteiger partial charge in [-0.25, -0.2) is 18.7 Å². The van der Waals surface area contributed by atoms with E-state index in [4.69, 9.17) is 4.74 Å². The van der Waals surface area contributed by atoms with Crippen molar-refractivity contribution in [1.82, 2.24) is 19.7 Å². The van der Waals surface area contributed by atoms with E-state index in [-0.39, 0.29) is 23.6 Å². The van der Waals surface area contributed by atoms with E-state index in [0.717, 1.165) is 12.5 Å². The summed E-state index contributed by atoms with van der Waals surface area (Å²) in [5.74, 6) is -1.24.